The van der Waals surface area contributed by atoms with Gasteiger partial charge in [0.2, 0.25) is 0 Å². The lowest BCUT2D eigenvalue weighted by atomic mass is 9.85. The summed E-state index contributed by atoms with van der Waals surface area (Å²) in [5.74, 6) is 0. The van der Waals surface area contributed by atoms with Crippen molar-refractivity contribution >= 4 is 5.69 Å². The molecule has 0 spiro atoms. The predicted molar refractivity (Wildman–Crippen MR) is 83.8 cm³/mol. The van der Waals surface area contributed by atoms with Crippen LogP contribution in [0.15, 0.2) is 24.3 Å². The molecule has 1 aromatic carbocycles. The second kappa shape index (κ2) is 4.82. The van der Waals surface area contributed by atoms with E-state index in [1.807, 2.05) is 0 Å². The summed E-state index contributed by atoms with van der Waals surface area (Å²) in [6.45, 7) is 12.4. The Kier molecular flexibility index (Phi) is 3.65. The monoisotopic (exact) mass is 260 g/mol. The molecule has 0 aliphatic carbocycles. The van der Waals surface area contributed by atoms with Crippen molar-refractivity contribution in [2.45, 2.75) is 64.5 Å². The van der Waals surface area contributed by atoms with Crippen LogP contribution >= 0.6 is 0 Å². The summed E-state index contributed by atoms with van der Waals surface area (Å²) in [6, 6.07) is 9.40. The van der Waals surface area contributed by atoms with Gasteiger partial charge in [0, 0.05) is 23.8 Å². The molecule has 0 radical (unpaired) electrons. The lowest BCUT2D eigenvalue weighted by Crippen LogP contribution is -2.53. The van der Waals surface area contributed by atoms with Crippen LogP contribution < -0.4 is 10.6 Å². The van der Waals surface area contributed by atoms with E-state index < -0.39 is 0 Å². The fraction of sp³-hybridized carbons (Fsp3) is 0.647. The summed E-state index contributed by atoms with van der Waals surface area (Å²) in [5.41, 5.74) is 9.19. The van der Waals surface area contributed by atoms with Gasteiger partial charge in [0.25, 0.3) is 0 Å². The van der Waals surface area contributed by atoms with Crippen LogP contribution in [0.3, 0.4) is 0 Å². The molecule has 0 saturated carbocycles. The molecular weight excluding hydrogens is 232 g/mol. The van der Waals surface area contributed by atoms with Crippen LogP contribution in [0.2, 0.25) is 0 Å². The minimum absolute atomic E-state index is 0.154. The third kappa shape index (κ3) is 3.11. The average molecular weight is 260 g/mol. The SMILES string of the molecule is CC(C)(C)c1ccc(N2CCC(N)CC2(C)C)cc1. The van der Waals surface area contributed by atoms with Crippen LogP contribution in [0.25, 0.3) is 0 Å². The molecule has 0 amide bonds. The van der Waals surface area contributed by atoms with Gasteiger partial charge in [0.1, 0.15) is 0 Å². The number of nitrogens with zero attached hydrogens (tertiary/aromatic N) is 1. The van der Waals surface area contributed by atoms with Gasteiger partial charge in [-0.1, -0.05) is 32.9 Å². The van der Waals surface area contributed by atoms with Crippen molar-refractivity contribution in [1.29, 1.82) is 0 Å². The van der Waals surface area contributed by atoms with Crippen molar-refractivity contribution in [2.24, 2.45) is 5.73 Å². The average Bonchev–Trinajstić information content (AvgIpc) is 2.26. The normalized spacial score (nSPS) is 23.5. The summed E-state index contributed by atoms with van der Waals surface area (Å²) in [7, 11) is 0. The van der Waals surface area contributed by atoms with Crippen LogP contribution in [-0.4, -0.2) is 18.1 Å². The summed E-state index contributed by atoms with van der Waals surface area (Å²) < 4.78 is 0. The molecule has 1 unspecified atom stereocenters. The summed E-state index contributed by atoms with van der Waals surface area (Å²) in [5, 5.41) is 0. The molecule has 2 heteroatoms. The van der Waals surface area contributed by atoms with E-state index in [1.165, 1.54) is 11.3 Å². The number of hydrogen-bond donors (Lipinski definition) is 1. The van der Waals surface area contributed by atoms with E-state index >= 15 is 0 Å². The largest absolute Gasteiger partial charge is 0.366 e. The molecular formula is C17H28N2. The van der Waals surface area contributed by atoms with Crippen LogP contribution in [0.5, 0.6) is 0 Å². The van der Waals surface area contributed by atoms with Gasteiger partial charge < -0.3 is 10.6 Å². The van der Waals surface area contributed by atoms with Crippen molar-refractivity contribution < 1.29 is 0 Å². The Morgan fingerprint density at radius 3 is 2.21 bits per heavy atom. The summed E-state index contributed by atoms with van der Waals surface area (Å²) in [4.78, 5) is 2.50. The standard InChI is InChI=1S/C17H28N2/c1-16(2,3)13-6-8-15(9-7-13)19-11-10-14(18)12-17(19,4)5/h6-9,14H,10-12,18H2,1-5H3. The second-order valence-corrected chi connectivity index (χ2v) is 7.51. The number of nitrogens with two attached hydrogens (primary N) is 1. The minimum Gasteiger partial charge on any atom is -0.366 e. The molecule has 0 aromatic heterocycles. The molecule has 0 bridgehead atoms. The van der Waals surface area contributed by atoms with Gasteiger partial charge in [-0.3, -0.25) is 0 Å². The lowest BCUT2D eigenvalue weighted by Gasteiger charge is -2.46. The fourth-order valence-electron chi connectivity index (χ4n) is 3.07. The van der Waals surface area contributed by atoms with Crippen LogP contribution in [0, 0.1) is 0 Å². The Hall–Kier alpha value is -1.02. The van der Waals surface area contributed by atoms with Crippen LogP contribution in [0.4, 0.5) is 5.69 Å². The van der Waals surface area contributed by atoms with E-state index in [-0.39, 0.29) is 11.0 Å². The zero-order valence-corrected chi connectivity index (χ0v) is 13.0. The van der Waals surface area contributed by atoms with E-state index in [9.17, 15) is 0 Å². The number of benzene rings is 1. The molecule has 1 atom stereocenters. The molecule has 2 N–H and O–H groups in total. The molecule has 106 valence electrons. The van der Waals surface area contributed by atoms with Crippen molar-refractivity contribution in [3.8, 4) is 0 Å². The maximum Gasteiger partial charge on any atom is 0.0370 e. The van der Waals surface area contributed by atoms with Crippen LogP contribution in [-0.2, 0) is 5.41 Å². The van der Waals surface area contributed by atoms with Gasteiger partial charge >= 0.3 is 0 Å². The first-order valence-corrected chi connectivity index (χ1v) is 7.34. The van der Waals surface area contributed by atoms with Crippen LogP contribution in [0.1, 0.15) is 53.0 Å². The van der Waals surface area contributed by atoms with Gasteiger partial charge in [-0.15, -0.1) is 0 Å². The Morgan fingerprint density at radius 2 is 1.74 bits per heavy atom. The highest BCUT2D eigenvalue weighted by atomic mass is 15.2. The Bertz CT molecular complexity index is 426. The first-order chi connectivity index (χ1) is 8.70. The van der Waals surface area contributed by atoms with E-state index in [0.717, 1.165) is 19.4 Å². The molecule has 1 aromatic rings. The molecule has 1 aliphatic rings. The van der Waals surface area contributed by atoms with Crippen molar-refractivity contribution in [1.82, 2.24) is 0 Å². The zero-order chi connectivity index (χ0) is 14.3. The van der Waals surface area contributed by atoms with Gasteiger partial charge in [-0.2, -0.15) is 0 Å². The molecule has 1 heterocycles. The maximum atomic E-state index is 6.11. The highest BCUT2D eigenvalue weighted by Crippen LogP contribution is 2.33. The van der Waals surface area contributed by atoms with E-state index in [0.29, 0.717) is 6.04 Å². The Balaban J connectivity index is 2.23. The Labute approximate surface area is 118 Å². The fourth-order valence-corrected chi connectivity index (χ4v) is 3.07. The molecule has 19 heavy (non-hydrogen) atoms. The quantitative estimate of drug-likeness (QED) is 0.834. The minimum atomic E-state index is 0.154. The molecule has 2 nitrogen and oxygen atoms in total. The highest BCUT2D eigenvalue weighted by Gasteiger charge is 2.33. The zero-order valence-electron chi connectivity index (χ0n) is 13.0. The number of anilines is 1. The second-order valence-electron chi connectivity index (χ2n) is 7.51. The van der Waals surface area contributed by atoms with E-state index in [1.54, 1.807) is 0 Å². The number of piperidine rings is 1. The topological polar surface area (TPSA) is 29.3 Å². The van der Waals surface area contributed by atoms with Gasteiger partial charge in [-0.05, 0) is 49.8 Å². The van der Waals surface area contributed by atoms with E-state index in [4.69, 9.17) is 5.73 Å². The third-order valence-electron chi connectivity index (χ3n) is 4.26. The van der Waals surface area contributed by atoms with Gasteiger partial charge in [-0.25, -0.2) is 0 Å². The summed E-state index contributed by atoms with van der Waals surface area (Å²) >= 11 is 0. The number of rotatable bonds is 1. The lowest BCUT2D eigenvalue weighted by molar-refractivity contribution is 0.327. The summed E-state index contributed by atoms with van der Waals surface area (Å²) in [6.07, 6.45) is 2.15. The van der Waals surface area contributed by atoms with Crippen molar-refractivity contribution in [3.63, 3.8) is 0 Å². The maximum absolute atomic E-state index is 6.11. The van der Waals surface area contributed by atoms with Crippen molar-refractivity contribution in [3.05, 3.63) is 29.8 Å². The van der Waals surface area contributed by atoms with Gasteiger partial charge in [0.15, 0.2) is 0 Å². The Morgan fingerprint density at radius 1 is 1.16 bits per heavy atom. The smallest absolute Gasteiger partial charge is 0.0370 e. The van der Waals surface area contributed by atoms with Gasteiger partial charge in [0.05, 0.1) is 0 Å². The first-order valence-electron chi connectivity index (χ1n) is 7.34. The molecule has 1 saturated heterocycles. The first kappa shape index (κ1) is 14.4. The third-order valence-corrected chi connectivity index (χ3v) is 4.26. The molecule has 2 rings (SSSR count). The molecule has 1 aliphatic heterocycles. The van der Waals surface area contributed by atoms with E-state index in [2.05, 4.69) is 63.8 Å². The highest BCUT2D eigenvalue weighted by molar-refractivity contribution is 5.51. The molecule has 1 fully saturated rings. The van der Waals surface area contributed by atoms with Crippen molar-refractivity contribution in [2.75, 3.05) is 11.4 Å². The number of hydrogen-bond acceptors (Lipinski definition) is 2. The predicted octanol–water partition coefficient (Wildman–Crippen LogP) is 3.69.